The summed E-state index contributed by atoms with van der Waals surface area (Å²) in [6.07, 6.45) is 8.38. The van der Waals surface area contributed by atoms with E-state index in [1.807, 2.05) is 43.3 Å². The van der Waals surface area contributed by atoms with Crippen molar-refractivity contribution in [3.63, 3.8) is 0 Å². The quantitative estimate of drug-likeness (QED) is 0.689. The van der Waals surface area contributed by atoms with Crippen molar-refractivity contribution < 1.29 is 9.90 Å². The molecule has 1 fully saturated rings. The van der Waals surface area contributed by atoms with Crippen LogP contribution in [0.3, 0.4) is 0 Å². The number of aliphatic hydroxyl groups excluding tert-OH is 1. The number of rotatable bonds is 8. The Hall–Kier alpha value is -1.71. The molecule has 0 heterocycles. The van der Waals surface area contributed by atoms with E-state index in [1.165, 1.54) is 12.0 Å². The summed E-state index contributed by atoms with van der Waals surface area (Å²) < 4.78 is 0. The summed E-state index contributed by atoms with van der Waals surface area (Å²) in [6, 6.07) is 9.52. The molecular weight excluding hydrogens is 322 g/mol. The molecular formula is C23H31NO2. The standard InChI is InChI=1S/C23H31NO2/c1-16(22(26)18-7-5-4-6-8-18)24-14-13-20(25)12-10-17-9-11-19-15-21(17)23(19,2)3/h4-10,12,16,19,21-22,24,26H,11,13-15H2,1-3H3/b12-10+. The lowest BCUT2D eigenvalue weighted by Gasteiger charge is -2.56. The molecule has 4 unspecified atom stereocenters. The van der Waals surface area contributed by atoms with Gasteiger partial charge < -0.3 is 10.4 Å². The van der Waals surface area contributed by atoms with Crippen LogP contribution in [0.2, 0.25) is 0 Å². The molecule has 1 saturated carbocycles. The average Bonchev–Trinajstić information content (AvgIpc) is 2.66. The highest BCUT2D eigenvalue weighted by atomic mass is 16.3. The molecule has 3 heteroatoms. The van der Waals surface area contributed by atoms with E-state index in [0.29, 0.717) is 24.3 Å². The molecule has 0 saturated heterocycles. The summed E-state index contributed by atoms with van der Waals surface area (Å²) in [4.78, 5) is 12.2. The van der Waals surface area contributed by atoms with Crippen LogP contribution in [0.1, 0.15) is 51.7 Å². The molecule has 2 bridgehead atoms. The van der Waals surface area contributed by atoms with E-state index >= 15 is 0 Å². The van der Waals surface area contributed by atoms with Crippen LogP contribution < -0.4 is 5.32 Å². The second-order valence-corrected chi connectivity index (χ2v) is 8.39. The number of hydrogen-bond acceptors (Lipinski definition) is 3. The topological polar surface area (TPSA) is 49.3 Å². The predicted molar refractivity (Wildman–Crippen MR) is 106 cm³/mol. The molecule has 0 aliphatic heterocycles. The number of hydrogen-bond donors (Lipinski definition) is 2. The second-order valence-electron chi connectivity index (χ2n) is 8.39. The van der Waals surface area contributed by atoms with Gasteiger partial charge in [-0.2, -0.15) is 0 Å². The van der Waals surface area contributed by atoms with E-state index in [2.05, 4.69) is 25.2 Å². The number of carbonyl (C=O) groups is 1. The monoisotopic (exact) mass is 353 g/mol. The van der Waals surface area contributed by atoms with Gasteiger partial charge in [-0.1, -0.05) is 56.3 Å². The molecule has 1 aromatic carbocycles. The van der Waals surface area contributed by atoms with Crippen molar-refractivity contribution in [2.24, 2.45) is 17.3 Å². The summed E-state index contributed by atoms with van der Waals surface area (Å²) in [5.74, 6) is 1.57. The molecule has 0 aromatic heterocycles. The smallest absolute Gasteiger partial charge is 0.156 e. The molecule has 3 aliphatic rings. The highest BCUT2D eigenvalue weighted by Gasteiger charge is 2.50. The van der Waals surface area contributed by atoms with Crippen LogP contribution in [0, 0.1) is 17.3 Å². The summed E-state index contributed by atoms with van der Waals surface area (Å²) in [7, 11) is 0. The van der Waals surface area contributed by atoms with Crippen LogP contribution in [0.25, 0.3) is 0 Å². The molecule has 4 atom stereocenters. The van der Waals surface area contributed by atoms with Gasteiger partial charge in [-0.25, -0.2) is 0 Å². The van der Waals surface area contributed by atoms with E-state index < -0.39 is 6.10 Å². The number of nitrogens with one attached hydrogen (secondary N) is 1. The van der Waals surface area contributed by atoms with Crippen LogP contribution in [-0.2, 0) is 4.79 Å². The number of aliphatic hydroxyl groups is 1. The zero-order chi connectivity index (χ0) is 18.7. The molecule has 3 nitrogen and oxygen atoms in total. The first-order valence-electron chi connectivity index (χ1n) is 9.77. The molecule has 26 heavy (non-hydrogen) atoms. The third kappa shape index (κ3) is 3.99. The Labute approximate surface area is 157 Å². The lowest BCUT2D eigenvalue weighted by molar-refractivity contribution is -0.114. The maximum absolute atomic E-state index is 12.2. The third-order valence-corrected chi connectivity index (χ3v) is 6.43. The van der Waals surface area contributed by atoms with Gasteiger partial charge in [-0.05, 0) is 54.2 Å². The van der Waals surface area contributed by atoms with E-state index in [9.17, 15) is 9.90 Å². The maximum Gasteiger partial charge on any atom is 0.156 e. The normalized spacial score (nSPS) is 26.1. The van der Waals surface area contributed by atoms with Crippen molar-refractivity contribution >= 4 is 5.78 Å². The van der Waals surface area contributed by atoms with Crippen molar-refractivity contribution in [1.82, 2.24) is 5.32 Å². The second kappa shape index (κ2) is 7.89. The Morgan fingerprint density at radius 1 is 1.35 bits per heavy atom. The van der Waals surface area contributed by atoms with Gasteiger partial charge in [0.1, 0.15) is 0 Å². The zero-order valence-corrected chi connectivity index (χ0v) is 16.1. The van der Waals surface area contributed by atoms with E-state index in [1.54, 1.807) is 6.08 Å². The third-order valence-electron chi connectivity index (χ3n) is 6.43. The van der Waals surface area contributed by atoms with Crippen LogP contribution in [0.4, 0.5) is 0 Å². The van der Waals surface area contributed by atoms with Gasteiger partial charge in [0, 0.05) is 19.0 Å². The van der Waals surface area contributed by atoms with Crippen molar-refractivity contribution in [2.45, 2.75) is 52.2 Å². The van der Waals surface area contributed by atoms with Crippen LogP contribution >= 0.6 is 0 Å². The molecule has 0 amide bonds. The Morgan fingerprint density at radius 2 is 2.08 bits per heavy atom. The highest BCUT2D eigenvalue weighted by Crippen LogP contribution is 2.59. The van der Waals surface area contributed by atoms with Gasteiger partial charge in [0.15, 0.2) is 5.78 Å². The van der Waals surface area contributed by atoms with E-state index in [0.717, 1.165) is 17.9 Å². The number of allylic oxidation sites excluding steroid dienone is 4. The van der Waals surface area contributed by atoms with Crippen LogP contribution in [-0.4, -0.2) is 23.5 Å². The van der Waals surface area contributed by atoms with Crippen molar-refractivity contribution in [2.75, 3.05) is 6.54 Å². The molecule has 3 aliphatic carbocycles. The van der Waals surface area contributed by atoms with Crippen molar-refractivity contribution in [1.29, 1.82) is 0 Å². The largest absolute Gasteiger partial charge is 0.387 e. The summed E-state index contributed by atoms with van der Waals surface area (Å²) in [5, 5.41) is 13.6. The minimum absolute atomic E-state index is 0.0945. The number of benzene rings is 1. The van der Waals surface area contributed by atoms with Gasteiger partial charge in [0.25, 0.3) is 0 Å². The van der Waals surface area contributed by atoms with Gasteiger partial charge in [-0.3, -0.25) is 4.79 Å². The molecule has 0 spiro atoms. The van der Waals surface area contributed by atoms with Gasteiger partial charge in [0.05, 0.1) is 6.10 Å². The Morgan fingerprint density at radius 3 is 2.73 bits per heavy atom. The fourth-order valence-corrected chi connectivity index (χ4v) is 4.33. The fraction of sp³-hybridized carbons (Fsp3) is 0.522. The minimum atomic E-state index is -0.567. The van der Waals surface area contributed by atoms with Crippen LogP contribution in [0.15, 0.2) is 54.1 Å². The van der Waals surface area contributed by atoms with Gasteiger partial charge in [0.2, 0.25) is 0 Å². The summed E-state index contributed by atoms with van der Waals surface area (Å²) in [5.41, 5.74) is 2.62. The lowest BCUT2D eigenvalue weighted by atomic mass is 9.49. The fourth-order valence-electron chi connectivity index (χ4n) is 4.33. The first kappa shape index (κ1) is 19.1. The number of fused-ring (bicyclic) bond motifs is 1. The molecule has 1 aromatic rings. The van der Waals surface area contributed by atoms with Gasteiger partial charge >= 0.3 is 0 Å². The first-order valence-corrected chi connectivity index (χ1v) is 9.77. The minimum Gasteiger partial charge on any atom is -0.387 e. The molecule has 4 rings (SSSR count). The first-order chi connectivity index (χ1) is 12.4. The Bertz CT molecular complexity index is 689. The summed E-state index contributed by atoms with van der Waals surface area (Å²) in [6.45, 7) is 7.21. The van der Waals surface area contributed by atoms with Crippen molar-refractivity contribution in [3.8, 4) is 0 Å². The highest BCUT2D eigenvalue weighted by molar-refractivity contribution is 5.90. The van der Waals surface area contributed by atoms with Gasteiger partial charge in [-0.15, -0.1) is 0 Å². The Balaban J connectivity index is 1.42. The van der Waals surface area contributed by atoms with Crippen LogP contribution in [0.5, 0.6) is 0 Å². The summed E-state index contributed by atoms with van der Waals surface area (Å²) >= 11 is 0. The molecule has 2 N–H and O–H groups in total. The predicted octanol–water partition coefficient (Wildman–Crippen LogP) is 4.21. The van der Waals surface area contributed by atoms with Crippen molar-refractivity contribution in [3.05, 3.63) is 59.7 Å². The molecule has 140 valence electrons. The number of carbonyl (C=O) groups excluding carboxylic acids is 1. The number of ketones is 1. The maximum atomic E-state index is 12.2. The zero-order valence-electron chi connectivity index (χ0n) is 16.1. The van der Waals surface area contributed by atoms with E-state index in [-0.39, 0.29) is 11.8 Å². The lowest BCUT2D eigenvalue weighted by Crippen LogP contribution is -2.47. The average molecular weight is 354 g/mol. The van der Waals surface area contributed by atoms with E-state index in [4.69, 9.17) is 0 Å². The molecule has 0 radical (unpaired) electrons. The Kier molecular flexibility index (Phi) is 5.79. The SMILES string of the molecule is CC(NCCC(=O)/C=C/C1=CCC2CC1C2(C)C)C(O)c1ccccc1.